The van der Waals surface area contributed by atoms with E-state index in [2.05, 4.69) is 10.7 Å². The molecule has 0 spiro atoms. The van der Waals surface area contributed by atoms with Gasteiger partial charge in [-0.2, -0.15) is 0 Å². The number of alkyl halides is 1. The monoisotopic (exact) mass is 516 g/mol. The zero-order valence-electron chi connectivity index (χ0n) is 21.2. The van der Waals surface area contributed by atoms with Gasteiger partial charge in [0.15, 0.2) is 0 Å². The van der Waals surface area contributed by atoms with Crippen molar-refractivity contribution in [2.75, 3.05) is 56.7 Å². The fraction of sp³-hybridized carbons (Fsp3) is 0.560. The molecule has 3 amide bonds. The van der Waals surface area contributed by atoms with Gasteiger partial charge >= 0.3 is 0 Å². The van der Waals surface area contributed by atoms with Crippen LogP contribution in [0.2, 0.25) is 0 Å². The summed E-state index contributed by atoms with van der Waals surface area (Å²) in [4.78, 5) is 44.3. The van der Waals surface area contributed by atoms with Crippen LogP contribution >= 0.6 is 0 Å². The largest absolute Gasteiger partial charge is 0.387 e. The van der Waals surface area contributed by atoms with Crippen LogP contribution in [-0.2, 0) is 20.9 Å². The van der Waals surface area contributed by atoms with Gasteiger partial charge in [-0.3, -0.25) is 14.4 Å². The summed E-state index contributed by atoms with van der Waals surface area (Å²) in [6.07, 6.45) is 1.77. The first-order chi connectivity index (χ1) is 17.5. The number of amides is 3. The summed E-state index contributed by atoms with van der Waals surface area (Å²) in [5.41, 5.74) is 3.85. The number of hydrazine groups is 1. The lowest BCUT2D eigenvalue weighted by atomic mass is 9.98. The number of ether oxygens (including phenoxy) is 1. The van der Waals surface area contributed by atoms with Crippen molar-refractivity contribution >= 4 is 29.1 Å². The molecular weight excluding hydrogens is 483 g/mol. The number of hydrogen-bond acceptors (Lipinski definition) is 8. The first kappa shape index (κ1) is 25.4. The maximum Gasteiger partial charge on any atom is 0.254 e. The van der Waals surface area contributed by atoms with Gasteiger partial charge in [-0.05, 0) is 31.5 Å². The standard InChI is InChI=1S/C25H33FN6O5/c1-25(2,36)20(26)14-31-13-15-10-18(19(11-16(15)23(31)34)30-6-8-37-9-7-30)28-22(33)17-12-27-32-5-4-29(3)24(35)21(17)32/h4-5,10-11,17,20-21,27,36H,6-9,12-14H2,1-3H3,(H,28,33)/t17?,20-,21?/m1/s1. The molecule has 2 saturated heterocycles. The molecular formula is C25H33FN6O5. The summed E-state index contributed by atoms with van der Waals surface area (Å²) < 4.78 is 20.1. The SMILES string of the molecule is CN1C=CN2NCC(C(=O)Nc3cc4c(cc3N3CCOCC3)C(=O)N(C[C@@H](F)C(C)(C)O)C4)C2C1=O. The highest BCUT2D eigenvalue weighted by Gasteiger charge is 2.45. The van der Waals surface area contributed by atoms with Crippen LogP contribution in [0.5, 0.6) is 0 Å². The smallest absolute Gasteiger partial charge is 0.254 e. The Bertz CT molecular complexity index is 1130. The number of benzene rings is 1. The number of carbonyl (C=O) groups excluding carboxylic acids is 3. The van der Waals surface area contributed by atoms with Gasteiger partial charge in [-0.15, -0.1) is 0 Å². The average Bonchev–Trinajstić information content (AvgIpc) is 3.42. The Morgan fingerprint density at radius 2 is 2.00 bits per heavy atom. The van der Waals surface area contributed by atoms with Crippen molar-refractivity contribution in [2.45, 2.75) is 38.2 Å². The minimum atomic E-state index is -1.61. The van der Waals surface area contributed by atoms with Gasteiger partial charge in [0.1, 0.15) is 12.2 Å². The van der Waals surface area contributed by atoms with Gasteiger partial charge in [-0.25, -0.2) is 9.82 Å². The second-order valence-corrected chi connectivity index (χ2v) is 10.5. The number of nitrogens with zero attached hydrogens (tertiary/aromatic N) is 4. The fourth-order valence-electron chi connectivity index (χ4n) is 5.10. The lowest BCUT2D eigenvalue weighted by Crippen LogP contribution is -2.50. The van der Waals surface area contributed by atoms with E-state index in [1.54, 1.807) is 36.6 Å². The molecule has 2 unspecified atom stereocenters. The number of morpholine rings is 1. The number of anilines is 2. The topological polar surface area (TPSA) is 118 Å². The molecule has 1 aromatic carbocycles. The van der Waals surface area contributed by atoms with Gasteiger partial charge in [0.2, 0.25) is 5.91 Å². The lowest BCUT2D eigenvalue weighted by Gasteiger charge is -2.32. The Morgan fingerprint density at radius 3 is 2.70 bits per heavy atom. The van der Waals surface area contributed by atoms with Crippen molar-refractivity contribution in [1.29, 1.82) is 0 Å². The molecule has 0 aromatic heterocycles. The van der Waals surface area contributed by atoms with Crippen LogP contribution in [0, 0.1) is 5.92 Å². The first-order valence-corrected chi connectivity index (χ1v) is 12.5. The number of fused-ring (bicyclic) bond motifs is 2. The number of hydrogen-bond donors (Lipinski definition) is 3. The minimum Gasteiger partial charge on any atom is -0.387 e. The summed E-state index contributed by atoms with van der Waals surface area (Å²) in [5.74, 6) is -1.42. The summed E-state index contributed by atoms with van der Waals surface area (Å²) in [5, 5.41) is 14.7. The van der Waals surface area contributed by atoms with Gasteiger partial charge in [0.05, 0.1) is 42.7 Å². The maximum atomic E-state index is 14.6. The Kier molecular flexibility index (Phi) is 6.59. The van der Waals surface area contributed by atoms with Crippen molar-refractivity contribution in [2.24, 2.45) is 5.92 Å². The Labute approximate surface area is 214 Å². The Morgan fingerprint density at radius 1 is 1.27 bits per heavy atom. The molecule has 0 aliphatic carbocycles. The van der Waals surface area contributed by atoms with Crippen molar-refractivity contribution in [1.82, 2.24) is 20.2 Å². The van der Waals surface area contributed by atoms with Crippen LogP contribution in [0.15, 0.2) is 24.5 Å². The van der Waals surface area contributed by atoms with E-state index in [4.69, 9.17) is 4.74 Å². The molecule has 2 fully saturated rings. The summed E-state index contributed by atoms with van der Waals surface area (Å²) in [7, 11) is 1.66. The van der Waals surface area contributed by atoms with E-state index in [0.717, 1.165) is 0 Å². The molecule has 3 atom stereocenters. The molecule has 200 valence electrons. The number of likely N-dealkylation sites (N-methyl/N-ethyl adjacent to an activating group) is 1. The summed E-state index contributed by atoms with van der Waals surface area (Å²) in [6.45, 7) is 5.18. The van der Waals surface area contributed by atoms with E-state index >= 15 is 0 Å². The third kappa shape index (κ3) is 4.76. The third-order valence-corrected chi connectivity index (χ3v) is 7.42. The van der Waals surface area contributed by atoms with E-state index in [9.17, 15) is 23.9 Å². The second kappa shape index (κ2) is 9.58. The average molecular weight is 517 g/mol. The van der Waals surface area contributed by atoms with E-state index in [0.29, 0.717) is 55.3 Å². The molecule has 11 nitrogen and oxygen atoms in total. The molecule has 0 bridgehead atoms. The predicted octanol–water partition coefficient (Wildman–Crippen LogP) is 0.275. The molecule has 3 N–H and O–H groups in total. The van der Waals surface area contributed by atoms with Gasteiger partial charge in [-0.1, -0.05) is 0 Å². The highest BCUT2D eigenvalue weighted by molar-refractivity contribution is 6.04. The van der Waals surface area contributed by atoms with Gasteiger partial charge < -0.3 is 34.9 Å². The molecule has 0 saturated carbocycles. The quantitative estimate of drug-likeness (QED) is 0.494. The lowest BCUT2D eigenvalue weighted by molar-refractivity contribution is -0.137. The number of halogens is 1. The normalized spacial score (nSPS) is 24.5. The predicted molar refractivity (Wildman–Crippen MR) is 133 cm³/mol. The molecule has 5 rings (SSSR count). The van der Waals surface area contributed by atoms with Crippen molar-refractivity contribution < 1.29 is 28.6 Å². The molecule has 4 aliphatic rings. The van der Waals surface area contributed by atoms with Crippen molar-refractivity contribution in [3.05, 3.63) is 35.7 Å². The first-order valence-electron chi connectivity index (χ1n) is 12.5. The van der Waals surface area contributed by atoms with Crippen molar-refractivity contribution in [3.63, 3.8) is 0 Å². The number of carbonyl (C=O) groups is 3. The summed E-state index contributed by atoms with van der Waals surface area (Å²) >= 11 is 0. The van der Waals surface area contributed by atoms with Crippen LogP contribution in [0.1, 0.15) is 29.8 Å². The van der Waals surface area contributed by atoms with E-state index in [1.807, 2.05) is 4.90 Å². The van der Waals surface area contributed by atoms with E-state index < -0.39 is 23.7 Å². The second-order valence-electron chi connectivity index (χ2n) is 10.5. The molecule has 37 heavy (non-hydrogen) atoms. The highest BCUT2D eigenvalue weighted by atomic mass is 19.1. The number of rotatable bonds is 6. The van der Waals surface area contributed by atoms with Crippen LogP contribution in [0.4, 0.5) is 15.8 Å². The zero-order chi connectivity index (χ0) is 26.5. The Balaban J connectivity index is 1.42. The van der Waals surface area contributed by atoms with Crippen LogP contribution in [0.3, 0.4) is 0 Å². The van der Waals surface area contributed by atoms with Crippen LogP contribution in [0.25, 0.3) is 0 Å². The van der Waals surface area contributed by atoms with Crippen LogP contribution < -0.4 is 15.6 Å². The maximum absolute atomic E-state index is 14.6. The molecule has 12 heteroatoms. The van der Waals surface area contributed by atoms with Crippen molar-refractivity contribution in [3.8, 4) is 0 Å². The fourth-order valence-corrected chi connectivity index (χ4v) is 5.10. The molecule has 0 radical (unpaired) electrons. The number of nitrogens with one attached hydrogen (secondary N) is 2. The zero-order valence-corrected chi connectivity index (χ0v) is 21.2. The highest BCUT2D eigenvalue weighted by Crippen LogP contribution is 2.36. The van der Waals surface area contributed by atoms with Crippen LogP contribution in [-0.4, -0.2) is 102 Å². The number of aliphatic hydroxyl groups is 1. The third-order valence-electron chi connectivity index (χ3n) is 7.42. The van der Waals surface area contributed by atoms with Gasteiger partial charge in [0, 0.05) is 51.2 Å². The van der Waals surface area contributed by atoms with E-state index in [-0.39, 0.29) is 30.8 Å². The molecule has 4 aliphatic heterocycles. The van der Waals surface area contributed by atoms with E-state index in [1.165, 1.54) is 23.6 Å². The molecule has 1 aromatic rings. The Hall–Kier alpha value is -3.22. The molecule has 4 heterocycles. The van der Waals surface area contributed by atoms with Gasteiger partial charge in [0.25, 0.3) is 11.8 Å². The summed E-state index contributed by atoms with van der Waals surface area (Å²) in [6, 6.07) is 2.86. The minimum absolute atomic E-state index is 0.173.